The number of methoxy groups -OCH3 is 1. The van der Waals surface area contributed by atoms with Gasteiger partial charge in [0.1, 0.15) is 18.3 Å². The first-order valence-electron chi connectivity index (χ1n) is 4.81. The summed E-state index contributed by atoms with van der Waals surface area (Å²) >= 11 is 0. The van der Waals surface area contributed by atoms with E-state index in [4.69, 9.17) is 9.88 Å². The molecule has 1 aromatic rings. The van der Waals surface area contributed by atoms with E-state index in [1.165, 1.54) is 25.3 Å². The van der Waals surface area contributed by atoms with Crippen LogP contribution >= 0.6 is 0 Å². The maximum absolute atomic E-state index is 11.5. The molecule has 2 N–H and O–H groups in total. The summed E-state index contributed by atoms with van der Waals surface area (Å²) in [6, 6.07) is 4.17. The molecular formula is C10H11NO5S. The zero-order valence-corrected chi connectivity index (χ0v) is 9.86. The first-order chi connectivity index (χ1) is 7.93. The summed E-state index contributed by atoms with van der Waals surface area (Å²) in [7, 11) is -2.52. The Hall–Kier alpha value is -1.60. The van der Waals surface area contributed by atoms with Crippen LogP contribution in [0, 0.1) is 0 Å². The molecule has 0 radical (unpaired) electrons. The number of ether oxygens (including phenoxy) is 2. The Morgan fingerprint density at radius 3 is 2.82 bits per heavy atom. The van der Waals surface area contributed by atoms with Gasteiger partial charge in [0.05, 0.1) is 12.0 Å². The van der Waals surface area contributed by atoms with Crippen LogP contribution in [0.25, 0.3) is 0 Å². The molecule has 0 aliphatic carbocycles. The Morgan fingerprint density at radius 2 is 2.24 bits per heavy atom. The van der Waals surface area contributed by atoms with E-state index in [1.807, 2.05) is 0 Å². The van der Waals surface area contributed by atoms with Gasteiger partial charge in [0.25, 0.3) is 0 Å². The molecule has 6 nitrogen and oxygen atoms in total. The molecule has 0 amide bonds. The number of carbonyl (C=O) groups is 1. The molecule has 0 saturated heterocycles. The highest BCUT2D eigenvalue weighted by atomic mass is 32.2. The lowest BCUT2D eigenvalue weighted by molar-refractivity contribution is -0.142. The fraction of sp³-hybridized carbons (Fsp3) is 0.300. The topological polar surface area (TPSA) is 95.7 Å². The summed E-state index contributed by atoms with van der Waals surface area (Å²) in [6.07, 6.45) is 0. The van der Waals surface area contributed by atoms with Gasteiger partial charge in [-0.3, -0.25) is 4.79 Å². The Morgan fingerprint density at radius 1 is 1.53 bits per heavy atom. The maximum Gasteiger partial charge on any atom is 0.316 e. The average molecular weight is 257 g/mol. The predicted octanol–water partition coefficient (Wildman–Crippen LogP) is -0.0170. The van der Waals surface area contributed by atoms with Crippen LogP contribution in [0.1, 0.15) is 11.5 Å². The van der Waals surface area contributed by atoms with Crippen molar-refractivity contribution in [3.63, 3.8) is 0 Å². The van der Waals surface area contributed by atoms with E-state index in [1.54, 1.807) is 0 Å². The largest absolute Gasteiger partial charge is 0.492 e. The Balaban J connectivity index is 2.48. The van der Waals surface area contributed by atoms with E-state index in [9.17, 15) is 13.2 Å². The number of hydrogen-bond acceptors (Lipinski definition) is 5. The molecule has 1 heterocycles. The lowest BCUT2D eigenvalue weighted by atomic mass is 10.0. The van der Waals surface area contributed by atoms with Gasteiger partial charge in [-0.2, -0.15) is 0 Å². The van der Waals surface area contributed by atoms with Crippen molar-refractivity contribution in [2.24, 2.45) is 5.14 Å². The van der Waals surface area contributed by atoms with Gasteiger partial charge < -0.3 is 9.47 Å². The van der Waals surface area contributed by atoms with Crippen molar-refractivity contribution in [2.45, 2.75) is 10.8 Å². The summed E-state index contributed by atoms with van der Waals surface area (Å²) in [5.41, 5.74) is 0.489. The Labute approximate surface area is 98.4 Å². The van der Waals surface area contributed by atoms with Gasteiger partial charge in [0.2, 0.25) is 10.0 Å². The van der Waals surface area contributed by atoms with Crippen LogP contribution in [-0.2, 0) is 19.6 Å². The highest BCUT2D eigenvalue weighted by molar-refractivity contribution is 7.89. The van der Waals surface area contributed by atoms with E-state index in [-0.39, 0.29) is 11.5 Å². The Kier molecular flexibility index (Phi) is 2.80. The van der Waals surface area contributed by atoms with Crippen LogP contribution in [0.5, 0.6) is 5.75 Å². The zero-order chi connectivity index (χ0) is 12.6. The molecule has 1 aliphatic heterocycles. The van der Waals surface area contributed by atoms with E-state index in [0.717, 1.165) is 0 Å². The zero-order valence-electron chi connectivity index (χ0n) is 9.04. The number of benzene rings is 1. The van der Waals surface area contributed by atoms with E-state index >= 15 is 0 Å². The smallest absolute Gasteiger partial charge is 0.316 e. The Bertz CT molecular complexity index is 566. The molecule has 17 heavy (non-hydrogen) atoms. The van der Waals surface area contributed by atoms with E-state index < -0.39 is 21.9 Å². The molecule has 2 rings (SSSR count). The quantitative estimate of drug-likeness (QED) is 0.751. The van der Waals surface area contributed by atoms with Crippen molar-refractivity contribution >= 4 is 16.0 Å². The number of esters is 1. The first-order valence-corrected chi connectivity index (χ1v) is 6.35. The van der Waals surface area contributed by atoms with Gasteiger partial charge in [-0.25, -0.2) is 13.6 Å². The van der Waals surface area contributed by atoms with Gasteiger partial charge >= 0.3 is 5.97 Å². The van der Waals surface area contributed by atoms with Gasteiger partial charge in [0, 0.05) is 5.56 Å². The van der Waals surface area contributed by atoms with Crippen molar-refractivity contribution < 1.29 is 22.7 Å². The van der Waals surface area contributed by atoms with Crippen LogP contribution < -0.4 is 9.88 Å². The van der Waals surface area contributed by atoms with E-state index in [2.05, 4.69) is 4.74 Å². The molecule has 1 aromatic carbocycles. The molecule has 1 aliphatic rings. The molecule has 7 heteroatoms. The highest BCUT2D eigenvalue weighted by Crippen LogP contribution is 2.35. The third-order valence-corrected chi connectivity index (χ3v) is 3.49. The van der Waals surface area contributed by atoms with Crippen molar-refractivity contribution in [3.05, 3.63) is 23.8 Å². The predicted molar refractivity (Wildman–Crippen MR) is 58.1 cm³/mol. The monoisotopic (exact) mass is 257 g/mol. The fourth-order valence-corrected chi connectivity index (χ4v) is 2.26. The molecule has 0 unspecified atom stereocenters. The standard InChI is InChI=1S/C10H11NO5S/c1-15-10(12)8-5-16-9-3-2-6(4-7(8)9)17(11,13)14/h2-4,8H,5H2,1H3,(H2,11,13,14)/t8-/m0/s1. The molecular weight excluding hydrogens is 246 g/mol. The minimum atomic E-state index is -3.79. The van der Waals surface area contributed by atoms with Gasteiger partial charge in [-0.15, -0.1) is 0 Å². The van der Waals surface area contributed by atoms with Crippen LogP contribution in [0.2, 0.25) is 0 Å². The third-order valence-electron chi connectivity index (χ3n) is 2.58. The van der Waals surface area contributed by atoms with Gasteiger partial charge in [-0.1, -0.05) is 0 Å². The molecule has 0 saturated carbocycles. The van der Waals surface area contributed by atoms with Crippen molar-refractivity contribution in [3.8, 4) is 5.75 Å². The van der Waals surface area contributed by atoms with E-state index in [0.29, 0.717) is 11.3 Å². The molecule has 1 atom stereocenters. The minimum absolute atomic E-state index is 0.0457. The molecule has 0 bridgehead atoms. The number of carbonyl (C=O) groups excluding carboxylic acids is 1. The SMILES string of the molecule is COC(=O)[C@H]1COc2ccc(S(N)(=O)=O)cc21. The number of hydrogen-bond donors (Lipinski definition) is 1. The highest BCUT2D eigenvalue weighted by Gasteiger charge is 2.32. The summed E-state index contributed by atoms with van der Waals surface area (Å²) in [5.74, 6) is -0.584. The summed E-state index contributed by atoms with van der Waals surface area (Å²) in [5, 5.41) is 5.02. The average Bonchev–Trinajstić information content (AvgIpc) is 2.69. The van der Waals surface area contributed by atoms with Gasteiger partial charge in [0.15, 0.2) is 0 Å². The summed E-state index contributed by atoms with van der Waals surface area (Å²) in [4.78, 5) is 11.4. The summed E-state index contributed by atoms with van der Waals surface area (Å²) in [6.45, 7) is 0.149. The number of rotatable bonds is 2. The first kappa shape index (κ1) is 11.9. The second-order valence-corrected chi connectivity index (χ2v) is 5.19. The van der Waals surface area contributed by atoms with Crippen LogP contribution in [0.4, 0.5) is 0 Å². The summed E-state index contributed by atoms with van der Waals surface area (Å²) < 4.78 is 32.3. The van der Waals surface area contributed by atoms with Crippen molar-refractivity contribution in [1.29, 1.82) is 0 Å². The lowest BCUT2D eigenvalue weighted by Crippen LogP contribution is -2.16. The van der Waals surface area contributed by atoms with Crippen LogP contribution in [0.3, 0.4) is 0 Å². The molecule has 0 fully saturated rings. The second kappa shape index (κ2) is 4.01. The second-order valence-electron chi connectivity index (χ2n) is 3.63. The molecule has 0 spiro atoms. The van der Waals surface area contributed by atoms with Gasteiger partial charge in [-0.05, 0) is 18.2 Å². The number of fused-ring (bicyclic) bond motifs is 1. The van der Waals surface area contributed by atoms with Crippen LogP contribution in [-0.4, -0.2) is 28.1 Å². The third kappa shape index (κ3) is 2.11. The van der Waals surface area contributed by atoms with Crippen LogP contribution in [0.15, 0.2) is 23.1 Å². The molecule has 92 valence electrons. The minimum Gasteiger partial charge on any atom is -0.492 e. The maximum atomic E-state index is 11.5. The fourth-order valence-electron chi connectivity index (χ4n) is 1.71. The normalized spacial score (nSPS) is 18.4. The number of nitrogens with two attached hydrogens (primary N) is 1. The number of sulfonamides is 1. The van der Waals surface area contributed by atoms with Crippen molar-refractivity contribution in [1.82, 2.24) is 0 Å². The molecule has 0 aromatic heterocycles. The number of primary sulfonamides is 1. The van der Waals surface area contributed by atoms with Crippen molar-refractivity contribution in [2.75, 3.05) is 13.7 Å². The lowest BCUT2D eigenvalue weighted by Gasteiger charge is -2.06.